The van der Waals surface area contributed by atoms with Crippen molar-refractivity contribution in [3.05, 3.63) is 35.1 Å². The summed E-state index contributed by atoms with van der Waals surface area (Å²) in [4.78, 5) is 16.0. The minimum atomic E-state index is -0.0267. The minimum absolute atomic E-state index is 0.0267. The van der Waals surface area contributed by atoms with Gasteiger partial charge in [0.05, 0.1) is 0 Å². The number of nitrogens with one attached hydrogen (secondary N) is 1. The molecule has 0 unspecified atom stereocenters. The molecule has 0 saturated heterocycles. The number of nitrogens with zero attached hydrogens (tertiary/aromatic N) is 3. The Morgan fingerprint density at radius 2 is 1.96 bits per heavy atom. The molecule has 0 spiro atoms. The van der Waals surface area contributed by atoms with Crippen molar-refractivity contribution < 1.29 is 4.79 Å². The van der Waals surface area contributed by atoms with E-state index in [0.717, 1.165) is 23.4 Å². The molecule has 2 aromatic rings. The van der Waals surface area contributed by atoms with Crippen LogP contribution in [-0.4, -0.2) is 21.1 Å². The van der Waals surface area contributed by atoms with Gasteiger partial charge >= 0.3 is 0 Å². The van der Waals surface area contributed by atoms with Crippen molar-refractivity contribution in [3.63, 3.8) is 0 Å². The van der Waals surface area contributed by atoms with Crippen molar-refractivity contribution >= 4 is 22.4 Å². The number of aryl methyl sites for hydroxylation is 2. The summed E-state index contributed by atoms with van der Waals surface area (Å²) in [5.41, 5.74) is 1.06. The Hall–Kier alpha value is -1.82. The lowest BCUT2D eigenvalue weighted by molar-refractivity contribution is -0.116. The van der Waals surface area contributed by atoms with Crippen LogP contribution in [0.2, 0.25) is 0 Å². The quantitative estimate of drug-likeness (QED) is 0.612. The van der Waals surface area contributed by atoms with Gasteiger partial charge in [0.2, 0.25) is 11.0 Å². The highest BCUT2D eigenvalue weighted by Crippen LogP contribution is 2.18. The zero-order chi connectivity index (χ0) is 17.0. The molecule has 1 N–H and O–H groups in total. The molecule has 0 aliphatic heterocycles. The summed E-state index contributed by atoms with van der Waals surface area (Å²) >= 11 is 1.48. The molecular weight excluding hydrogens is 320 g/mol. The van der Waals surface area contributed by atoms with E-state index in [9.17, 15) is 4.79 Å². The lowest BCUT2D eigenvalue weighted by atomic mass is 10.1. The van der Waals surface area contributed by atoms with Gasteiger partial charge in [0.25, 0.3) is 0 Å². The predicted octanol–water partition coefficient (Wildman–Crippen LogP) is 4.41. The standard InChI is InChI=1S/C18H26N4OS/c1-2-3-4-5-6-7-10-17-21-22-18(24-17)20-16(23)12-11-15-9-8-13-19-14-15/h8-9,13-14H,2-7,10-12H2,1H3,(H,20,22,23). The van der Waals surface area contributed by atoms with E-state index < -0.39 is 0 Å². The second-order valence-corrected chi connectivity index (χ2v) is 6.99. The Bertz CT molecular complexity index is 600. The van der Waals surface area contributed by atoms with Crippen LogP contribution in [0.15, 0.2) is 24.5 Å². The Kier molecular flexibility index (Phi) is 8.38. The van der Waals surface area contributed by atoms with Crippen molar-refractivity contribution in [2.75, 3.05) is 5.32 Å². The van der Waals surface area contributed by atoms with E-state index in [2.05, 4.69) is 27.4 Å². The third kappa shape index (κ3) is 7.17. The molecule has 0 aromatic carbocycles. The number of unbranched alkanes of at least 4 members (excludes halogenated alkanes) is 5. The number of pyridine rings is 1. The number of carbonyl (C=O) groups is 1. The third-order valence-electron chi connectivity index (χ3n) is 3.82. The molecule has 0 fully saturated rings. The molecule has 0 aliphatic carbocycles. The Balaban J connectivity index is 1.64. The number of anilines is 1. The molecule has 5 nitrogen and oxygen atoms in total. The van der Waals surface area contributed by atoms with Crippen molar-refractivity contribution in [1.82, 2.24) is 15.2 Å². The monoisotopic (exact) mass is 346 g/mol. The van der Waals surface area contributed by atoms with Crippen LogP contribution in [0.3, 0.4) is 0 Å². The first kappa shape index (κ1) is 18.5. The smallest absolute Gasteiger partial charge is 0.226 e. The lowest BCUT2D eigenvalue weighted by Gasteiger charge is -2.01. The van der Waals surface area contributed by atoms with Gasteiger partial charge in [0.15, 0.2) is 0 Å². The summed E-state index contributed by atoms with van der Waals surface area (Å²) in [5, 5.41) is 12.7. The molecule has 130 valence electrons. The summed E-state index contributed by atoms with van der Waals surface area (Å²) in [6, 6.07) is 3.86. The Labute approximate surface area is 147 Å². The van der Waals surface area contributed by atoms with Gasteiger partial charge < -0.3 is 5.32 Å². The number of hydrogen-bond donors (Lipinski definition) is 1. The van der Waals surface area contributed by atoms with Gasteiger partial charge in [-0.25, -0.2) is 0 Å². The maximum absolute atomic E-state index is 12.0. The van der Waals surface area contributed by atoms with Gasteiger partial charge in [0.1, 0.15) is 5.01 Å². The number of carbonyl (C=O) groups excluding carboxylic acids is 1. The normalized spacial score (nSPS) is 10.7. The maximum Gasteiger partial charge on any atom is 0.226 e. The van der Waals surface area contributed by atoms with E-state index in [-0.39, 0.29) is 5.91 Å². The van der Waals surface area contributed by atoms with Crippen molar-refractivity contribution in [2.24, 2.45) is 0 Å². The third-order valence-corrected chi connectivity index (χ3v) is 4.72. The fourth-order valence-electron chi connectivity index (χ4n) is 2.45. The summed E-state index contributed by atoms with van der Waals surface area (Å²) in [6.07, 6.45) is 13.2. The average molecular weight is 346 g/mol. The molecule has 0 radical (unpaired) electrons. The fraction of sp³-hybridized carbons (Fsp3) is 0.556. The largest absolute Gasteiger partial charge is 0.301 e. The fourth-order valence-corrected chi connectivity index (χ4v) is 3.25. The highest BCUT2D eigenvalue weighted by Gasteiger charge is 2.08. The van der Waals surface area contributed by atoms with Gasteiger partial charge in [-0.1, -0.05) is 56.4 Å². The van der Waals surface area contributed by atoms with Crippen molar-refractivity contribution in [3.8, 4) is 0 Å². The molecule has 6 heteroatoms. The molecule has 24 heavy (non-hydrogen) atoms. The van der Waals surface area contributed by atoms with Crippen LogP contribution in [0.25, 0.3) is 0 Å². The first-order valence-electron chi connectivity index (χ1n) is 8.79. The first-order chi connectivity index (χ1) is 11.8. The zero-order valence-corrected chi connectivity index (χ0v) is 15.1. The Morgan fingerprint density at radius 1 is 1.12 bits per heavy atom. The molecule has 2 aromatic heterocycles. The molecule has 1 amide bonds. The lowest BCUT2D eigenvalue weighted by Crippen LogP contribution is -2.12. The first-order valence-corrected chi connectivity index (χ1v) is 9.60. The zero-order valence-electron chi connectivity index (χ0n) is 14.3. The second-order valence-electron chi connectivity index (χ2n) is 5.93. The van der Waals surface area contributed by atoms with Crippen LogP contribution in [0.4, 0.5) is 5.13 Å². The van der Waals surface area contributed by atoms with Crippen LogP contribution in [-0.2, 0) is 17.6 Å². The van der Waals surface area contributed by atoms with Crippen molar-refractivity contribution in [2.45, 2.75) is 64.7 Å². The summed E-state index contributed by atoms with van der Waals surface area (Å²) in [7, 11) is 0. The highest BCUT2D eigenvalue weighted by atomic mass is 32.1. The predicted molar refractivity (Wildman–Crippen MR) is 98.2 cm³/mol. The highest BCUT2D eigenvalue weighted by molar-refractivity contribution is 7.15. The van der Waals surface area contributed by atoms with Crippen molar-refractivity contribution in [1.29, 1.82) is 0 Å². The number of amides is 1. The molecule has 0 saturated carbocycles. The summed E-state index contributed by atoms with van der Waals surface area (Å²) in [6.45, 7) is 2.23. The number of rotatable bonds is 11. The number of aromatic nitrogens is 3. The average Bonchev–Trinajstić information content (AvgIpc) is 3.04. The molecule has 2 rings (SSSR count). The SMILES string of the molecule is CCCCCCCCc1nnc(NC(=O)CCc2cccnc2)s1. The molecule has 0 bridgehead atoms. The minimum Gasteiger partial charge on any atom is -0.301 e. The Morgan fingerprint density at radius 3 is 2.75 bits per heavy atom. The molecular formula is C18H26N4OS. The van der Waals surface area contributed by atoms with E-state index >= 15 is 0 Å². The van der Waals surface area contributed by atoms with Crippen LogP contribution >= 0.6 is 11.3 Å². The van der Waals surface area contributed by atoms with Gasteiger partial charge in [0, 0.05) is 25.2 Å². The van der Waals surface area contributed by atoms with E-state index in [1.54, 1.807) is 12.4 Å². The molecule has 0 aliphatic rings. The van der Waals surface area contributed by atoms with Gasteiger partial charge in [-0.3, -0.25) is 9.78 Å². The van der Waals surface area contributed by atoms with E-state index in [0.29, 0.717) is 18.0 Å². The second kappa shape index (κ2) is 10.9. The van der Waals surface area contributed by atoms with Gasteiger partial charge in [-0.15, -0.1) is 10.2 Å². The van der Waals surface area contributed by atoms with Crippen LogP contribution in [0.1, 0.15) is 62.4 Å². The van der Waals surface area contributed by atoms with Crippen LogP contribution in [0.5, 0.6) is 0 Å². The van der Waals surface area contributed by atoms with Gasteiger partial charge in [-0.05, 0) is 24.5 Å². The topological polar surface area (TPSA) is 67.8 Å². The van der Waals surface area contributed by atoms with E-state index in [1.807, 2.05) is 12.1 Å². The number of hydrogen-bond acceptors (Lipinski definition) is 5. The van der Waals surface area contributed by atoms with Crippen LogP contribution < -0.4 is 5.32 Å². The van der Waals surface area contributed by atoms with Crippen LogP contribution in [0, 0.1) is 0 Å². The molecule has 0 atom stereocenters. The summed E-state index contributed by atoms with van der Waals surface area (Å²) in [5.74, 6) is -0.0267. The molecule has 2 heterocycles. The summed E-state index contributed by atoms with van der Waals surface area (Å²) < 4.78 is 0. The van der Waals surface area contributed by atoms with E-state index in [1.165, 1.54) is 43.4 Å². The van der Waals surface area contributed by atoms with Gasteiger partial charge in [-0.2, -0.15) is 0 Å². The maximum atomic E-state index is 12.0. The van der Waals surface area contributed by atoms with E-state index in [4.69, 9.17) is 0 Å².